The highest BCUT2D eigenvalue weighted by molar-refractivity contribution is 14.1. The fraction of sp³-hybridized carbons (Fsp3) is 0.556. The molecule has 1 aliphatic carbocycles. The first-order chi connectivity index (χ1) is 10.7. The van der Waals surface area contributed by atoms with Gasteiger partial charge in [0.05, 0.1) is 13.2 Å². The van der Waals surface area contributed by atoms with Crippen molar-refractivity contribution >= 4 is 22.6 Å². The number of aryl methyl sites for hydroxylation is 1. The van der Waals surface area contributed by atoms with Gasteiger partial charge in [0.15, 0.2) is 5.79 Å². The van der Waals surface area contributed by atoms with Crippen LogP contribution in [0.2, 0.25) is 0 Å². The van der Waals surface area contributed by atoms with E-state index in [1.807, 2.05) is 0 Å². The van der Waals surface area contributed by atoms with Gasteiger partial charge in [-0.2, -0.15) is 0 Å². The van der Waals surface area contributed by atoms with E-state index in [-0.39, 0.29) is 18.3 Å². The molecule has 0 bridgehead atoms. The Hall–Kier alpha value is -0.430. The second-order valence-electron chi connectivity index (χ2n) is 6.10. The van der Waals surface area contributed by atoms with Gasteiger partial charge < -0.3 is 14.6 Å². The summed E-state index contributed by atoms with van der Waals surface area (Å²) in [5.41, 5.74) is 2.75. The Morgan fingerprint density at radius 1 is 1.23 bits per heavy atom. The highest BCUT2D eigenvalue weighted by Gasteiger charge is 2.38. The van der Waals surface area contributed by atoms with Crippen molar-refractivity contribution in [2.75, 3.05) is 19.8 Å². The molecule has 3 nitrogen and oxygen atoms in total. The molecule has 0 amide bonds. The molecule has 1 aromatic rings. The van der Waals surface area contributed by atoms with E-state index >= 15 is 0 Å². The number of hydrogen-bond donors (Lipinski definition) is 1. The molecule has 2 aliphatic rings. The van der Waals surface area contributed by atoms with Crippen molar-refractivity contribution in [1.82, 2.24) is 0 Å². The van der Waals surface area contributed by atoms with Gasteiger partial charge in [-0.1, -0.05) is 29.8 Å². The number of rotatable bonds is 5. The third kappa shape index (κ3) is 3.72. The fourth-order valence-corrected chi connectivity index (χ4v) is 4.04. The SMILES string of the molecule is OCC(CCc1ccccc1I)C1=CCC2(CC1)OCCO2. The zero-order valence-corrected chi connectivity index (χ0v) is 14.9. The Kier molecular flexibility index (Phi) is 5.55. The van der Waals surface area contributed by atoms with Crippen molar-refractivity contribution in [3.05, 3.63) is 45.0 Å². The van der Waals surface area contributed by atoms with Gasteiger partial charge in [-0.15, -0.1) is 0 Å². The summed E-state index contributed by atoms with van der Waals surface area (Å²) in [6, 6.07) is 8.48. The average Bonchev–Trinajstić information content (AvgIpc) is 2.99. The first-order valence-corrected chi connectivity index (χ1v) is 9.11. The molecular weight excluding hydrogens is 391 g/mol. The van der Waals surface area contributed by atoms with Gasteiger partial charge in [-0.25, -0.2) is 0 Å². The van der Waals surface area contributed by atoms with E-state index in [4.69, 9.17) is 9.47 Å². The van der Waals surface area contributed by atoms with Crippen molar-refractivity contribution in [3.8, 4) is 0 Å². The fourth-order valence-electron chi connectivity index (χ4n) is 3.38. The molecule has 1 fully saturated rings. The molecule has 3 rings (SSSR count). The maximum atomic E-state index is 9.78. The minimum atomic E-state index is -0.363. The molecule has 1 aliphatic heterocycles. The van der Waals surface area contributed by atoms with Gasteiger partial charge in [0.1, 0.15) is 0 Å². The van der Waals surface area contributed by atoms with E-state index in [1.165, 1.54) is 14.7 Å². The van der Waals surface area contributed by atoms with Gasteiger partial charge >= 0.3 is 0 Å². The largest absolute Gasteiger partial charge is 0.396 e. The summed E-state index contributed by atoms with van der Waals surface area (Å²) in [4.78, 5) is 0. The van der Waals surface area contributed by atoms with Crippen LogP contribution in [0.25, 0.3) is 0 Å². The zero-order valence-electron chi connectivity index (χ0n) is 12.8. The summed E-state index contributed by atoms with van der Waals surface area (Å²) < 4.78 is 12.8. The molecule has 22 heavy (non-hydrogen) atoms. The maximum Gasteiger partial charge on any atom is 0.172 e. The topological polar surface area (TPSA) is 38.7 Å². The van der Waals surface area contributed by atoms with E-state index in [9.17, 15) is 5.11 Å². The van der Waals surface area contributed by atoms with Crippen molar-refractivity contribution in [1.29, 1.82) is 0 Å². The van der Waals surface area contributed by atoms with Crippen LogP contribution in [0.15, 0.2) is 35.9 Å². The Morgan fingerprint density at radius 2 is 2.00 bits per heavy atom. The zero-order chi connectivity index (χ0) is 15.4. The Balaban J connectivity index is 1.60. The number of aliphatic hydroxyl groups is 1. The summed E-state index contributed by atoms with van der Waals surface area (Å²) >= 11 is 2.38. The molecule has 4 heteroatoms. The normalized spacial score (nSPS) is 21.8. The lowest BCUT2D eigenvalue weighted by molar-refractivity contribution is -0.161. The smallest absolute Gasteiger partial charge is 0.172 e. The molecular formula is C18H23IO3. The number of hydrogen-bond acceptors (Lipinski definition) is 3. The van der Waals surface area contributed by atoms with E-state index in [0.29, 0.717) is 13.2 Å². The summed E-state index contributed by atoms with van der Waals surface area (Å²) in [6.07, 6.45) is 6.96. The van der Waals surface area contributed by atoms with Crippen LogP contribution in [0.4, 0.5) is 0 Å². The van der Waals surface area contributed by atoms with Crippen LogP contribution in [0.5, 0.6) is 0 Å². The second kappa shape index (κ2) is 7.43. The maximum absolute atomic E-state index is 9.78. The van der Waals surface area contributed by atoms with Gasteiger partial charge in [-0.05, 0) is 53.5 Å². The number of benzene rings is 1. The third-order valence-electron chi connectivity index (χ3n) is 4.75. The molecule has 0 aromatic heterocycles. The predicted molar refractivity (Wildman–Crippen MR) is 94.6 cm³/mol. The minimum Gasteiger partial charge on any atom is -0.396 e. The minimum absolute atomic E-state index is 0.226. The van der Waals surface area contributed by atoms with Crippen LogP contribution in [0, 0.1) is 9.49 Å². The highest BCUT2D eigenvalue weighted by atomic mass is 127. The Labute approximate surface area is 145 Å². The summed E-state index contributed by atoms with van der Waals surface area (Å²) in [7, 11) is 0. The van der Waals surface area contributed by atoms with Crippen LogP contribution in [0.3, 0.4) is 0 Å². The molecule has 0 saturated carbocycles. The van der Waals surface area contributed by atoms with Crippen molar-refractivity contribution in [2.45, 2.75) is 37.9 Å². The van der Waals surface area contributed by atoms with Gasteiger partial charge in [0.25, 0.3) is 0 Å². The number of ether oxygens (including phenoxy) is 2. The van der Waals surface area contributed by atoms with E-state index in [0.717, 1.165) is 32.1 Å². The number of halogens is 1. The van der Waals surface area contributed by atoms with Crippen LogP contribution in [-0.4, -0.2) is 30.7 Å². The predicted octanol–water partition coefficient (Wildman–Crippen LogP) is 3.69. The summed E-state index contributed by atoms with van der Waals surface area (Å²) in [6.45, 7) is 1.64. The Morgan fingerprint density at radius 3 is 2.64 bits per heavy atom. The molecule has 1 atom stereocenters. The van der Waals surface area contributed by atoms with Gasteiger partial charge in [0, 0.05) is 28.9 Å². The lowest BCUT2D eigenvalue weighted by atomic mass is 9.84. The van der Waals surface area contributed by atoms with E-state index < -0.39 is 0 Å². The van der Waals surface area contributed by atoms with Crippen molar-refractivity contribution in [2.24, 2.45) is 5.92 Å². The number of aliphatic hydroxyl groups excluding tert-OH is 1. The van der Waals surface area contributed by atoms with Crippen molar-refractivity contribution in [3.63, 3.8) is 0 Å². The van der Waals surface area contributed by atoms with Crippen LogP contribution < -0.4 is 0 Å². The molecule has 1 heterocycles. The van der Waals surface area contributed by atoms with Crippen LogP contribution >= 0.6 is 22.6 Å². The molecule has 1 unspecified atom stereocenters. The lowest BCUT2D eigenvalue weighted by Gasteiger charge is -2.32. The quantitative estimate of drug-likeness (QED) is 0.590. The highest BCUT2D eigenvalue weighted by Crippen LogP contribution is 2.38. The molecule has 120 valence electrons. The molecule has 1 spiro atoms. The third-order valence-corrected chi connectivity index (χ3v) is 5.80. The summed E-state index contributed by atoms with van der Waals surface area (Å²) in [5, 5.41) is 9.78. The standard InChI is InChI=1S/C18H23IO3/c19-17-4-2-1-3-15(17)5-6-16(13-20)14-7-9-18(10-8-14)21-11-12-22-18/h1-4,7,16,20H,5-6,8-13H2. The van der Waals surface area contributed by atoms with E-state index in [1.54, 1.807) is 0 Å². The van der Waals surface area contributed by atoms with Crippen LogP contribution in [0.1, 0.15) is 31.2 Å². The Bertz CT molecular complexity index is 535. The average molecular weight is 414 g/mol. The first kappa shape index (κ1) is 16.4. The summed E-state index contributed by atoms with van der Waals surface area (Å²) in [5.74, 6) is -0.104. The molecule has 1 N–H and O–H groups in total. The van der Waals surface area contributed by atoms with E-state index in [2.05, 4.69) is 52.9 Å². The molecule has 1 aromatic carbocycles. The van der Waals surface area contributed by atoms with Crippen molar-refractivity contribution < 1.29 is 14.6 Å². The molecule has 0 radical (unpaired) electrons. The monoisotopic (exact) mass is 414 g/mol. The first-order valence-electron chi connectivity index (χ1n) is 8.03. The second-order valence-corrected chi connectivity index (χ2v) is 7.26. The molecule has 1 saturated heterocycles. The van der Waals surface area contributed by atoms with Crippen LogP contribution in [-0.2, 0) is 15.9 Å². The van der Waals surface area contributed by atoms with Gasteiger partial charge in [0.2, 0.25) is 0 Å². The lowest BCUT2D eigenvalue weighted by Crippen LogP contribution is -2.33. The van der Waals surface area contributed by atoms with Gasteiger partial charge in [-0.3, -0.25) is 0 Å².